The Kier molecular flexibility index (Phi) is 3.33. The van der Waals surface area contributed by atoms with Crippen LogP contribution in [0.15, 0.2) is 24.3 Å². The zero-order valence-electron chi connectivity index (χ0n) is 12.8. The molecule has 0 radical (unpaired) electrons. The lowest BCUT2D eigenvalue weighted by atomic mass is 9.94. The summed E-state index contributed by atoms with van der Waals surface area (Å²) in [6.45, 7) is 7.56. The van der Waals surface area contributed by atoms with E-state index in [0.29, 0.717) is 11.8 Å². The van der Waals surface area contributed by atoms with Crippen LogP contribution in [0.1, 0.15) is 51.8 Å². The summed E-state index contributed by atoms with van der Waals surface area (Å²) >= 11 is 0. The summed E-state index contributed by atoms with van der Waals surface area (Å²) in [5, 5.41) is 0. The van der Waals surface area contributed by atoms with Gasteiger partial charge in [-0.25, -0.2) is 4.98 Å². The molecule has 0 amide bonds. The molecule has 1 heterocycles. The zero-order chi connectivity index (χ0) is 14.3. The number of aromatic nitrogens is 2. The Morgan fingerprint density at radius 1 is 1.25 bits per heavy atom. The number of hydrogen-bond donors (Lipinski definition) is 1. The second kappa shape index (κ2) is 4.88. The Hall–Kier alpha value is -1.35. The van der Waals surface area contributed by atoms with Crippen molar-refractivity contribution < 1.29 is 0 Å². The van der Waals surface area contributed by atoms with Crippen LogP contribution in [0.2, 0.25) is 0 Å². The van der Waals surface area contributed by atoms with Gasteiger partial charge in [0.15, 0.2) is 0 Å². The van der Waals surface area contributed by atoms with Gasteiger partial charge in [0, 0.05) is 11.5 Å². The lowest BCUT2D eigenvalue weighted by Gasteiger charge is -2.28. The van der Waals surface area contributed by atoms with Crippen molar-refractivity contribution in [2.75, 3.05) is 6.54 Å². The van der Waals surface area contributed by atoms with Crippen LogP contribution in [0.5, 0.6) is 0 Å². The van der Waals surface area contributed by atoms with Crippen LogP contribution in [0, 0.1) is 5.92 Å². The van der Waals surface area contributed by atoms with E-state index in [2.05, 4.69) is 49.6 Å². The van der Waals surface area contributed by atoms with E-state index in [1.165, 1.54) is 30.6 Å². The van der Waals surface area contributed by atoms with E-state index in [-0.39, 0.29) is 5.54 Å². The lowest BCUT2D eigenvalue weighted by Crippen LogP contribution is -2.28. The van der Waals surface area contributed by atoms with Gasteiger partial charge in [0.1, 0.15) is 5.82 Å². The first-order valence-corrected chi connectivity index (χ1v) is 7.70. The summed E-state index contributed by atoms with van der Waals surface area (Å²) in [6, 6.07) is 8.48. The number of nitrogens with two attached hydrogens (primary N) is 1. The summed E-state index contributed by atoms with van der Waals surface area (Å²) in [5.41, 5.74) is 8.39. The number of imidazole rings is 1. The Morgan fingerprint density at radius 3 is 2.70 bits per heavy atom. The molecule has 0 bridgehead atoms. The second-order valence-corrected chi connectivity index (χ2v) is 7.00. The molecule has 1 fully saturated rings. The standard InChI is InChI=1S/C17H25N3/c1-17(2,3)20-15-10-5-4-9-14(15)19-16(20)13-8-6-7-12(13)11-18/h4-5,9-10,12-13H,6-8,11,18H2,1-3H3. The molecular weight excluding hydrogens is 246 g/mol. The molecule has 1 saturated carbocycles. The van der Waals surface area contributed by atoms with Gasteiger partial charge in [-0.3, -0.25) is 0 Å². The largest absolute Gasteiger partial charge is 0.330 e. The van der Waals surface area contributed by atoms with Crippen LogP contribution < -0.4 is 5.73 Å². The smallest absolute Gasteiger partial charge is 0.113 e. The summed E-state index contributed by atoms with van der Waals surface area (Å²) < 4.78 is 2.43. The van der Waals surface area contributed by atoms with Crippen molar-refractivity contribution in [2.45, 2.75) is 51.5 Å². The van der Waals surface area contributed by atoms with Crippen molar-refractivity contribution in [3.63, 3.8) is 0 Å². The van der Waals surface area contributed by atoms with Gasteiger partial charge >= 0.3 is 0 Å². The quantitative estimate of drug-likeness (QED) is 0.906. The Balaban J connectivity index is 2.19. The maximum absolute atomic E-state index is 5.98. The molecule has 1 aromatic carbocycles. The number of hydrogen-bond acceptors (Lipinski definition) is 2. The van der Waals surface area contributed by atoms with Crippen molar-refractivity contribution in [3.8, 4) is 0 Å². The molecule has 0 aliphatic heterocycles. The van der Waals surface area contributed by atoms with Crippen molar-refractivity contribution in [1.29, 1.82) is 0 Å². The highest BCUT2D eigenvalue weighted by Gasteiger charge is 2.33. The molecule has 3 rings (SSSR count). The van der Waals surface area contributed by atoms with E-state index in [0.717, 1.165) is 12.1 Å². The van der Waals surface area contributed by atoms with Crippen LogP contribution >= 0.6 is 0 Å². The van der Waals surface area contributed by atoms with Gasteiger partial charge in [-0.2, -0.15) is 0 Å². The number of benzene rings is 1. The maximum Gasteiger partial charge on any atom is 0.113 e. The molecule has 1 aromatic heterocycles. The number of fused-ring (bicyclic) bond motifs is 1. The molecule has 2 unspecified atom stereocenters. The fourth-order valence-corrected chi connectivity index (χ4v) is 3.66. The zero-order valence-corrected chi connectivity index (χ0v) is 12.8. The second-order valence-electron chi connectivity index (χ2n) is 7.00. The van der Waals surface area contributed by atoms with E-state index in [4.69, 9.17) is 10.7 Å². The van der Waals surface area contributed by atoms with Gasteiger partial charge in [0.25, 0.3) is 0 Å². The van der Waals surface area contributed by atoms with Crippen LogP contribution in [0.3, 0.4) is 0 Å². The monoisotopic (exact) mass is 271 g/mol. The first-order valence-electron chi connectivity index (χ1n) is 7.70. The molecule has 1 aliphatic rings. The number of para-hydroxylation sites is 2. The van der Waals surface area contributed by atoms with Crippen LogP contribution in [-0.4, -0.2) is 16.1 Å². The van der Waals surface area contributed by atoms with Gasteiger partial charge in [-0.1, -0.05) is 18.6 Å². The maximum atomic E-state index is 5.98. The van der Waals surface area contributed by atoms with Gasteiger partial charge in [-0.05, 0) is 58.2 Å². The molecule has 2 aromatic rings. The molecule has 3 nitrogen and oxygen atoms in total. The fraction of sp³-hybridized carbons (Fsp3) is 0.588. The molecular formula is C17H25N3. The van der Waals surface area contributed by atoms with Crippen molar-refractivity contribution in [2.24, 2.45) is 11.7 Å². The minimum Gasteiger partial charge on any atom is -0.330 e. The molecule has 1 aliphatic carbocycles. The first-order chi connectivity index (χ1) is 9.52. The molecule has 20 heavy (non-hydrogen) atoms. The molecule has 3 heteroatoms. The van der Waals surface area contributed by atoms with E-state index in [1.54, 1.807) is 0 Å². The fourth-order valence-electron chi connectivity index (χ4n) is 3.66. The highest BCUT2D eigenvalue weighted by Crippen LogP contribution is 2.41. The molecule has 2 atom stereocenters. The van der Waals surface area contributed by atoms with Crippen molar-refractivity contribution in [3.05, 3.63) is 30.1 Å². The minimum atomic E-state index is 0.0488. The highest BCUT2D eigenvalue weighted by atomic mass is 15.1. The van der Waals surface area contributed by atoms with E-state index < -0.39 is 0 Å². The SMILES string of the molecule is CC(C)(C)n1c(C2CCCC2CN)nc2ccccc21. The van der Waals surface area contributed by atoms with Crippen molar-refractivity contribution >= 4 is 11.0 Å². The molecule has 0 spiro atoms. The summed E-state index contributed by atoms with van der Waals surface area (Å²) in [7, 11) is 0. The minimum absolute atomic E-state index is 0.0488. The van der Waals surface area contributed by atoms with Crippen LogP contribution in [0.4, 0.5) is 0 Å². The average molecular weight is 271 g/mol. The third kappa shape index (κ3) is 2.14. The highest BCUT2D eigenvalue weighted by molar-refractivity contribution is 5.76. The Bertz CT molecular complexity index is 606. The van der Waals surface area contributed by atoms with Gasteiger partial charge in [0.05, 0.1) is 11.0 Å². The Labute approximate surface area is 121 Å². The van der Waals surface area contributed by atoms with E-state index in [1.807, 2.05) is 0 Å². The molecule has 108 valence electrons. The summed E-state index contributed by atoms with van der Waals surface area (Å²) in [4.78, 5) is 4.97. The third-order valence-corrected chi connectivity index (χ3v) is 4.55. The molecule has 2 N–H and O–H groups in total. The van der Waals surface area contributed by atoms with Gasteiger partial charge < -0.3 is 10.3 Å². The predicted octanol–water partition coefficient (Wildman–Crippen LogP) is 3.63. The average Bonchev–Trinajstić information content (AvgIpc) is 3.01. The topological polar surface area (TPSA) is 43.8 Å². The van der Waals surface area contributed by atoms with E-state index in [9.17, 15) is 0 Å². The number of nitrogens with zero attached hydrogens (tertiary/aromatic N) is 2. The Morgan fingerprint density at radius 2 is 2.00 bits per heavy atom. The summed E-state index contributed by atoms with van der Waals surface area (Å²) in [6.07, 6.45) is 3.75. The first kappa shape index (κ1) is 13.6. The summed E-state index contributed by atoms with van der Waals surface area (Å²) in [5.74, 6) is 2.35. The third-order valence-electron chi connectivity index (χ3n) is 4.55. The normalized spacial score (nSPS) is 23.6. The van der Waals surface area contributed by atoms with Gasteiger partial charge in [0.2, 0.25) is 0 Å². The predicted molar refractivity (Wildman–Crippen MR) is 83.9 cm³/mol. The molecule has 0 saturated heterocycles. The number of rotatable bonds is 2. The van der Waals surface area contributed by atoms with Crippen LogP contribution in [-0.2, 0) is 5.54 Å². The van der Waals surface area contributed by atoms with Crippen LogP contribution in [0.25, 0.3) is 11.0 Å². The van der Waals surface area contributed by atoms with E-state index >= 15 is 0 Å². The lowest BCUT2D eigenvalue weighted by molar-refractivity contribution is 0.364. The van der Waals surface area contributed by atoms with Crippen molar-refractivity contribution in [1.82, 2.24) is 9.55 Å². The van der Waals surface area contributed by atoms with Gasteiger partial charge in [-0.15, -0.1) is 0 Å².